The SMILES string of the molecule is C=CCN(C)C=CC=C(C(=O)OC)S(=O)(=O)c1ccc(C)cc1. The van der Waals surface area contributed by atoms with Gasteiger partial charge in [-0.25, -0.2) is 13.2 Å². The maximum atomic E-state index is 12.6. The number of hydrogen-bond donors (Lipinski definition) is 0. The number of carbonyl (C=O) groups excluding carboxylic acids is 1. The molecular weight excluding hydrogens is 314 g/mol. The lowest BCUT2D eigenvalue weighted by Crippen LogP contribution is -2.15. The zero-order valence-electron chi connectivity index (χ0n) is 13.5. The number of hydrogen-bond acceptors (Lipinski definition) is 5. The highest BCUT2D eigenvalue weighted by atomic mass is 32.2. The summed E-state index contributed by atoms with van der Waals surface area (Å²) < 4.78 is 29.8. The molecule has 0 N–H and O–H groups in total. The minimum Gasteiger partial charge on any atom is -0.465 e. The number of esters is 1. The predicted molar refractivity (Wildman–Crippen MR) is 90.4 cm³/mol. The number of ether oxygens (including phenoxy) is 1. The quantitative estimate of drug-likeness (QED) is 0.331. The molecule has 0 atom stereocenters. The van der Waals surface area contributed by atoms with Gasteiger partial charge in [-0.05, 0) is 37.4 Å². The second-order valence-electron chi connectivity index (χ2n) is 4.91. The molecule has 6 heteroatoms. The molecule has 0 aliphatic rings. The monoisotopic (exact) mass is 335 g/mol. The van der Waals surface area contributed by atoms with Crippen molar-refractivity contribution in [2.45, 2.75) is 11.8 Å². The van der Waals surface area contributed by atoms with E-state index < -0.39 is 20.7 Å². The second-order valence-corrected chi connectivity index (χ2v) is 6.83. The van der Waals surface area contributed by atoms with Crippen molar-refractivity contribution >= 4 is 15.8 Å². The molecule has 0 fully saturated rings. The van der Waals surface area contributed by atoms with Crippen LogP contribution in [-0.2, 0) is 19.4 Å². The normalized spacial score (nSPS) is 12.2. The van der Waals surface area contributed by atoms with Crippen molar-refractivity contribution in [3.8, 4) is 0 Å². The van der Waals surface area contributed by atoms with Crippen molar-refractivity contribution in [2.75, 3.05) is 20.7 Å². The summed E-state index contributed by atoms with van der Waals surface area (Å²) >= 11 is 0. The minimum atomic E-state index is -3.94. The van der Waals surface area contributed by atoms with Crippen LogP contribution in [0.25, 0.3) is 0 Å². The van der Waals surface area contributed by atoms with Crippen LogP contribution in [0.3, 0.4) is 0 Å². The first-order valence-corrected chi connectivity index (χ1v) is 8.41. The fraction of sp³-hybridized carbons (Fsp3) is 0.235. The van der Waals surface area contributed by atoms with Crippen molar-refractivity contribution in [3.63, 3.8) is 0 Å². The van der Waals surface area contributed by atoms with E-state index in [2.05, 4.69) is 11.3 Å². The Bertz CT molecular complexity index is 715. The third-order valence-electron chi connectivity index (χ3n) is 3.01. The number of nitrogens with zero attached hydrogens (tertiary/aromatic N) is 1. The van der Waals surface area contributed by atoms with Crippen LogP contribution in [0.2, 0.25) is 0 Å². The molecule has 0 aromatic heterocycles. The standard InChI is InChI=1S/C17H21NO4S/c1-5-12-18(3)13-6-7-16(17(19)22-4)23(20,21)15-10-8-14(2)9-11-15/h5-11,13H,1,12H2,2-4H3. The molecule has 0 unspecified atom stereocenters. The van der Waals surface area contributed by atoms with Crippen LogP contribution < -0.4 is 0 Å². The van der Waals surface area contributed by atoms with Gasteiger partial charge in [-0.15, -0.1) is 6.58 Å². The predicted octanol–water partition coefficient (Wildman–Crippen LogP) is 2.46. The van der Waals surface area contributed by atoms with Crippen LogP contribution in [0.5, 0.6) is 0 Å². The van der Waals surface area contributed by atoms with Crippen LogP contribution in [0.4, 0.5) is 0 Å². The molecule has 0 radical (unpaired) electrons. The number of aryl methyl sites for hydroxylation is 1. The molecule has 0 aliphatic heterocycles. The Morgan fingerprint density at radius 1 is 1.30 bits per heavy atom. The van der Waals surface area contributed by atoms with Gasteiger partial charge in [0.25, 0.3) is 0 Å². The summed E-state index contributed by atoms with van der Waals surface area (Å²) in [7, 11) is -0.992. The number of likely N-dealkylation sites (N-methyl/N-ethyl adjacent to an activating group) is 1. The van der Waals surface area contributed by atoms with E-state index in [1.807, 2.05) is 6.92 Å². The van der Waals surface area contributed by atoms with E-state index in [1.165, 1.54) is 24.3 Å². The molecule has 1 rings (SSSR count). The molecule has 23 heavy (non-hydrogen) atoms. The number of carbonyl (C=O) groups is 1. The molecule has 5 nitrogen and oxygen atoms in total. The number of benzene rings is 1. The zero-order chi connectivity index (χ0) is 17.5. The zero-order valence-corrected chi connectivity index (χ0v) is 14.3. The number of allylic oxidation sites excluding steroid dienone is 2. The van der Waals surface area contributed by atoms with E-state index >= 15 is 0 Å². The van der Waals surface area contributed by atoms with Gasteiger partial charge in [0.2, 0.25) is 9.84 Å². The maximum absolute atomic E-state index is 12.6. The van der Waals surface area contributed by atoms with Crippen molar-refractivity contribution < 1.29 is 17.9 Å². The van der Waals surface area contributed by atoms with Crippen molar-refractivity contribution in [1.82, 2.24) is 4.90 Å². The van der Waals surface area contributed by atoms with Gasteiger partial charge in [0.1, 0.15) is 0 Å². The van der Waals surface area contributed by atoms with Crippen LogP contribution in [0.1, 0.15) is 5.56 Å². The molecule has 0 bridgehead atoms. The smallest absolute Gasteiger partial charge is 0.349 e. The fourth-order valence-corrected chi connectivity index (χ4v) is 3.06. The van der Waals surface area contributed by atoms with Gasteiger partial charge in [0.15, 0.2) is 4.91 Å². The van der Waals surface area contributed by atoms with Gasteiger partial charge < -0.3 is 9.64 Å². The minimum absolute atomic E-state index is 0.0487. The van der Waals surface area contributed by atoms with Gasteiger partial charge in [-0.1, -0.05) is 23.8 Å². The van der Waals surface area contributed by atoms with Gasteiger partial charge >= 0.3 is 5.97 Å². The molecule has 124 valence electrons. The first-order valence-electron chi connectivity index (χ1n) is 6.92. The van der Waals surface area contributed by atoms with E-state index in [0.717, 1.165) is 12.7 Å². The average molecular weight is 335 g/mol. The summed E-state index contributed by atoms with van der Waals surface area (Å²) in [5.41, 5.74) is 0.929. The summed E-state index contributed by atoms with van der Waals surface area (Å²) in [5.74, 6) is -0.901. The molecule has 0 saturated heterocycles. The Morgan fingerprint density at radius 3 is 2.43 bits per heavy atom. The van der Waals surface area contributed by atoms with Crippen molar-refractivity contribution in [3.05, 3.63) is 65.7 Å². The van der Waals surface area contributed by atoms with E-state index in [-0.39, 0.29) is 4.90 Å². The largest absolute Gasteiger partial charge is 0.465 e. The lowest BCUT2D eigenvalue weighted by molar-refractivity contribution is -0.135. The first kappa shape index (κ1) is 18.7. The molecule has 1 aromatic carbocycles. The van der Waals surface area contributed by atoms with Crippen molar-refractivity contribution in [1.29, 1.82) is 0 Å². The third-order valence-corrected chi connectivity index (χ3v) is 4.79. The van der Waals surface area contributed by atoms with Crippen molar-refractivity contribution in [2.24, 2.45) is 0 Å². The average Bonchev–Trinajstić information content (AvgIpc) is 2.51. The fourth-order valence-electron chi connectivity index (χ4n) is 1.75. The summed E-state index contributed by atoms with van der Waals surface area (Å²) in [6.45, 7) is 6.06. The molecule has 0 amide bonds. The Morgan fingerprint density at radius 2 is 1.91 bits per heavy atom. The van der Waals surface area contributed by atoms with E-state index in [1.54, 1.807) is 36.4 Å². The molecule has 0 heterocycles. The van der Waals surface area contributed by atoms with Crippen LogP contribution in [0.15, 0.2) is 65.1 Å². The highest BCUT2D eigenvalue weighted by molar-refractivity contribution is 7.96. The molecular formula is C17H21NO4S. The Hall–Kier alpha value is -2.34. The van der Waals surface area contributed by atoms with Crippen LogP contribution >= 0.6 is 0 Å². The highest BCUT2D eigenvalue weighted by Gasteiger charge is 2.27. The van der Waals surface area contributed by atoms with Crippen LogP contribution in [-0.4, -0.2) is 40.0 Å². The lowest BCUT2D eigenvalue weighted by Gasteiger charge is -2.10. The Labute approximate surface area is 137 Å². The van der Waals surface area contributed by atoms with E-state index in [9.17, 15) is 13.2 Å². The summed E-state index contributed by atoms with van der Waals surface area (Å²) in [6, 6.07) is 6.29. The maximum Gasteiger partial charge on any atom is 0.349 e. The molecule has 0 aliphatic carbocycles. The summed E-state index contributed by atoms with van der Waals surface area (Å²) in [5, 5.41) is 0. The Kier molecular flexibility index (Phi) is 6.78. The summed E-state index contributed by atoms with van der Waals surface area (Å²) in [4.78, 5) is 13.3. The number of methoxy groups -OCH3 is 1. The van der Waals surface area contributed by atoms with Gasteiger partial charge in [-0.2, -0.15) is 0 Å². The first-order chi connectivity index (χ1) is 10.8. The lowest BCUT2D eigenvalue weighted by atomic mass is 10.2. The highest BCUT2D eigenvalue weighted by Crippen LogP contribution is 2.21. The molecule has 0 spiro atoms. The summed E-state index contributed by atoms with van der Waals surface area (Å²) in [6.07, 6.45) is 6.08. The Balaban J connectivity index is 3.22. The molecule has 0 saturated carbocycles. The molecule has 1 aromatic rings. The van der Waals surface area contributed by atoms with E-state index in [4.69, 9.17) is 0 Å². The van der Waals surface area contributed by atoms with Gasteiger partial charge in [0, 0.05) is 13.6 Å². The number of sulfone groups is 1. The third kappa shape index (κ3) is 5.10. The second kappa shape index (κ2) is 8.33. The van der Waals surface area contributed by atoms with E-state index in [0.29, 0.717) is 6.54 Å². The van der Waals surface area contributed by atoms with Gasteiger partial charge in [0.05, 0.1) is 12.0 Å². The van der Waals surface area contributed by atoms with Gasteiger partial charge in [-0.3, -0.25) is 0 Å². The van der Waals surface area contributed by atoms with Crippen LogP contribution in [0, 0.1) is 6.92 Å². The number of rotatable bonds is 7. The topological polar surface area (TPSA) is 63.7 Å².